The zero-order chi connectivity index (χ0) is 29.5. The third kappa shape index (κ3) is 5.47. The van der Waals surface area contributed by atoms with Gasteiger partial charge < -0.3 is 5.32 Å². The molecule has 1 unspecified atom stereocenters. The fourth-order valence-electron chi connectivity index (χ4n) is 4.22. The summed E-state index contributed by atoms with van der Waals surface area (Å²) < 4.78 is 97.5. The maximum absolute atomic E-state index is 15.0. The van der Waals surface area contributed by atoms with Gasteiger partial charge in [-0.25, -0.2) is 19.0 Å². The van der Waals surface area contributed by atoms with E-state index in [-0.39, 0.29) is 34.2 Å². The molecule has 2 aromatic heterocycles. The maximum Gasteiger partial charge on any atom is 0.417 e. The number of hydrogen-bond donors (Lipinski definition) is 1. The highest BCUT2D eigenvalue weighted by Gasteiger charge is 2.38. The fraction of sp³-hybridized carbons (Fsp3) is 0.143. The van der Waals surface area contributed by atoms with E-state index in [4.69, 9.17) is 0 Å². The molecule has 1 N–H and O–H groups in total. The van der Waals surface area contributed by atoms with Crippen molar-refractivity contribution in [1.29, 1.82) is 0 Å². The number of fused-ring (bicyclic) bond motifs is 1. The standard InChI is InChI=1S/C28H18F7N5O/c1-15(27(30,31)32)16-8-9-18-23(12-16)39-40(17-6-3-2-4-7-17)25(18)38-26(41)20-13-19(24-36-10-5-11-37-24)21(14-22(20)29)28(33,34)35/h2-15H,1H3,(H,38,41). The van der Waals surface area contributed by atoms with Gasteiger partial charge in [-0.15, -0.1) is 0 Å². The number of para-hydroxylation sites is 1. The predicted molar refractivity (Wildman–Crippen MR) is 136 cm³/mol. The molecule has 0 saturated heterocycles. The van der Waals surface area contributed by atoms with Crippen LogP contribution in [-0.2, 0) is 6.18 Å². The number of carbonyl (C=O) groups excluding carboxylic acids is 1. The molecule has 6 nitrogen and oxygen atoms in total. The zero-order valence-electron chi connectivity index (χ0n) is 20.9. The minimum Gasteiger partial charge on any atom is -0.306 e. The van der Waals surface area contributed by atoms with E-state index >= 15 is 4.39 Å². The summed E-state index contributed by atoms with van der Waals surface area (Å²) in [4.78, 5) is 21.0. The van der Waals surface area contributed by atoms with E-state index in [0.29, 0.717) is 11.8 Å². The molecule has 3 aromatic carbocycles. The summed E-state index contributed by atoms with van der Waals surface area (Å²) in [5.41, 5.74) is -2.28. The lowest BCUT2D eigenvalue weighted by molar-refractivity contribution is -0.146. The van der Waals surface area contributed by atoms with Crippen LogP contribution in [0.5, 0.6) is 0 Å². The number of nitrogens with one attached hydrogen (secondary N) is 1. The third-order valence-electron chi connectivity index (χ3n) is 6.38. The zero-order valence-corrected chi connectivity index (χ0v) is 20.9. The normalized spacial score (nSPS) is 12.9. The van der Waals surface area contributed by atoms with Crippen LogP contribution in [0.25, 0.3) is 28.0 Å². The maximum atomic E-state index is 15.0. The lowest BCUT2D eigenvalue weighted by atomic mass is 9.99. The molecule has 210 valence electrons. The minimum absolute atomic E-state index is 0.0285. The Morgan fingerprint density at radius 1 is 0.902 bits per heavy atom. The van der Waals surface area contributed by atoms with Gasteiger partial charge >= 0.3 is 12.4 Å². The summed E-state index contributed by atoms with van der Waals surface area (Å²) in [7, 11) is 0. The molecule has 0 fully saturated rings. The summed E-state index contributed by atoms with van der Waals surface area (Å²) in [5.74, 6) is -4.78. The van der Waals surface area contributed by atoms with E-state index in [1.54, 1.807) is 30.3 Å². The first kappa shape index (κ1) is 27.7. The molecular formula is C28H18F7N5O. The van der Waals surface area contributed by atoms with Gasteiger partial charge in [-0.05, 0) is 55.0 Å². The van der Waals surface area contributed by atoms with E-state index in [0.717, 1.165) is 6.92 Å². The van der Waals surface area contributed by atoms with Crippen molar-refractivity contribution < 1.29 is 35.5 Å². The minimum atomic E-state index is -4.97. The van der Waals surface area contributed by atoms with Crippen molar-refractivity contribution in [1.82, 2.24) is 19.7 Å². The van der Waals surface area contributed by atoms with E-state index < -0.39 is 46.7 Å². The van der Waals surface area contributed by atoms with Crippen LogP contribution in [0.1, 0.15) is 34.3 Å². The summed E-state index contributed by atoms with van der Waals surface area (Å²) in [6.07, 6.45) is -7.08. The first-order valence-corrected chi connectivity index (χ1v) is 12.0. The van der Waals surface area contributed by atoms with E-state index in [1.807, 2.05) is 0 Å². The number of alkyl halides is 6. The Balaban J connectivity index is 1.63. The molecule has 13 heteroatoms. The van der Waals surface area contributed by atoms with Crippen molar-refractivity contribution in [3.63, 3.8) is 0 Å². The van der Waals surface area contributed by atoms with E-state index in [1.165, 1.54) is 41.3 Å². The van der Waals surface area contributed by atoms with Crippen LogP contribution in [0.2, 0.25) is 0 Å². The summed E-state index contributed by atoms with van der Waals surface area (Å²) in [6, 6.07) is 14.3. The molecule has 1 amide bonds. The number of nitrogens with zero attached hydrogens (tertiary/aromatic N) is 4. The molecule has 0 aliphatic carbocycles. The molecule has 0 aliphatic heterocycles. The SMILES string of the molecule is CC(c1ccc2c(NC(=O)c3cc(-c4ncccn4)c(C(F)(F)F)cc3F)n(-c3ccccc3)nc2c1)C(F)(F)F. The van der Waals surface area contributed by atoms with Crippen molar-refractivity contribution >= 4 is 22.6 Å². The molecule has 5 rings (SSSR count). The van der Waals surface area contributed by atoms with Crippen LogP contribution in [0.15, 0.2) is 79.1 Å². The first-order valence-electron chi connectivity index (χ1n) is 12.0. The number of anilines is 1. The number of benzene rings is 3. The second-order valence-electron chi connectivity index (χ2n) is 9.04. The van der Waals surface area contributed by atoms with Gasteiger partial charge in [0.2, 0.25) is 0 Å². The quantitative estimate of drug-likeness (QED) is 0.220. The van der Waals surface area contributed by atoms with Crippen molar-refractivity contribution in [2.24, 2.45) is 0 Å². The van der Waals surface area contributed by atoms with Crippen LogP contribution in [0, 0.1) is 5.82 Å². The Morgan fingerprint density at radius 2 is 1.59 bits per heavy atom. The van der Waals surface area contributed by atoms with Gasteiger partial charge in [-0.3, -0.25) is 4.79 Å². The highest BCUT2D eigenvalue weighted by atomic mass is 19.4. The largest absolute Gasteiger partial charge is 0.417 e. The Kier molecular flexibility index (Phi) is 6.97. The fourth-order valence-corrected chi connectivity index (χ4v) is 4.22. The lowest BCUT2D eigenvalue weighted by Gasteiger charge is -2.16. The molecule has 0 bridgehead atoms. The van der Waals surface area contributed by atoms with Crippen molar-refractivity contribution in [2.45, 2.75) is 25.2 Å². The molecule has 0 radical (unpaired) electrons. The summed E-state index contributed by atoms with van der Waals surface area (Å²) in [6.45, 7) is 0.999. The number of amides is 1. The average molecular weight is 573 g/mol. The number of halogens is 7. The molecule has 5 aromatic rings. The van der Waals surface area contributed by atoms with Crippen molar-refractivity contribution in [2.75, 3.05) is 5.32 Å². The Labute approximate surface area is 227 Å². The molecule has 2 heterocycles. The molecule has 41 heavy (non-hydrogen) atoms. The van der Waals surface area contributed by atoms with Crippen molar-refractivity contribution in [3.8, 4) is 17.1 Å². The molecule has 1 atom stereocenters. The third-order valence-corrected chi connectivity index (χ3v) is 6.38. The molecule has 0 aliphatic rings. The van der Waals surface area contributed by atoms with E-state index in [2.05, 4.69) is 20.4 Å². The highest BCUT2D eigenvalue weighted by molar-refractivity contribution is 6.09. The number of carbonyl (C=O) groups is 1. The van der Waals surface area contributed by atoms with Crippen LogP contribution in [0.3, 0.4) is 0 Å². The smallest absolute Gasteiger partial charge is 0.306 e. The topological polar surface area (TPSA) is 72.7 Å². The monoisotopic (exact) mass is 573 g/mol. The van der Waals surface area contributed by atoms with Crippen LogP contribution < -0.4 is 5.32 Å². The average Bonchev–Trinajstić information content (AvgIpc) is 3.29. The van der Waals surface area contributed by atoms with Crippen molar-refractivity contribution in [3.05, 3.63) is 102 Å². The second-order valence-corrected chi connectivity index (χ2v) is 9.04. The molecule has 0 saturated carbocycles. The predicted octanol–water partition coefficient (Wildman–Crippen LogP) is 7.56. The summed E-state index contributed by atoms with van der Waals surface area (Å²) in [5, 5.41) is 7.06. The van der Waals surface area contributed by atoms with Gasteiger partial charge in [0, 0.05) is 23.3 Å². The number of hydrogen-bond acceptors (Lipinski definition) is 4. The van der Waals surface area contributed by atoms with Crippen LogP contribution >= 0.6 is 0 Å². The van der Waals surface area contributed by atoms with Gasteiger partial charge in [0.15, 0.2) is 5.82 Å². The highest BCUT2D eigenvalue weighted by Crippen LogP contribution is 2.39. The number of rotatable bonds is 5. The van der Waals surface area contributed by atoms with Crippen LogP contribution in [-0.4, -0.2) is 31.8 Å². The Hall–Kier alpha value is -4.81. The Morgan fingerprint density at radius 3 is 2.22 bits per heavy atom. The van der Waals surface area contributed by atoms with Gasteiger partial charge in [0.05, 0.1) is 28.2 Å². The molecule has 0 spiro atoms. The lowest BCUT2D eigenvalue weighted by Crippen LogP contribution is -2.18. The summed E-state index contributed by atoms with van der Waals surface area (Å²) >= 11 is 0. The van der Waals surface area contributed by atoms with Gasteiger partial charge in [-0.1, -0.05) is 24.3 Å². The molecular weight excluding hydrogens is 555 g/mol. The van der Waals surface area contributed by atoms with Crippen LogP contribution in [0.4, 0.5) is 36.6 Å². The number of aromatic nitrogens is 4. The first-order chi connectivity index (χ1) is 19.3. The second kappa shape index (κ2) is 10.3. The van der Waals surface area contributed by atoms with Gasteiger partial charge in [0.1, 0.15) is 11.6 Å². The van der Waals surface area contributed by atoms with Gasteiger partial charge in [-0.2, -0.15) is 31.4 Å². The Bertz CT molecular complexity index is 1730. The van der Waals surface area contributed by atoms with Gasteiger partial charge in [0.25, 0.3) is 5.91 Å². The van der Waals surface area contributed by atoms with E-state index in [9.17, 15) is 31.1 Å².